The number of piperidine rings is 1. The van der Waals surface area contributed by atoms with Crippen molar-refractivity contribution in [3.8, 4) is 11.4 Å². The number of nitrogens with one attached hydrogen (secondary N) is 2. The van der Waals surface area contributed by atoms with Gasteiger partial charge in [0.25, 0.3) is 0 Å². The van der Waals surface area contributed by atoms with Crippen LogP contribution in [0.25, 0.3) is 11.4 Å². The quantitative estimate of drug-likeness (QED) is 0.411. The van der Waals surface area contributed by atoms with E-state index in [1.54, 1.807) is 11.8 Å². The molecular formula is C22H27ClN6O3. The Kier molecular flexibility index (Phi) is 7.99. The van der Waals surface area contributed by atoms with Gasteiger partial charge < -0.3 is 24.6 Å². The summed E-state index contributed by atoms with van der Waals surface area (Å²) in [5.41, 5.74) is 2.56. The van der Waals surface area contributed by atoms with Crippen molar-refractivity contribution >= 4 is 29.9 Å². The second kappa shape index (κ2) is 10.9. The van der Waals surface area contributed by atoms with Crippen LogP contribution in [0.1, 0.15) is 50.0 Å². The summed E-state index contributed by atoms with van der Waals surface area (Å²) in [4.78, 5) is 20.9. The lowest BCUT2D eigenvalue weighted by molar-refractivity contribution is -0.119. The molecule has 0 unspecified atom stereocenters. The van der Waals surface area contributed by atoms with E-state index in [1.165, 1.54) is 12.4 Å². The third-order valence-electron chi connectivity index (χ3n) is 4.97. The highest BCUT2D eigenvalue weighted by Gasteiger charge is 2.25. The molecule has 4 rings (SSSR count). The van der Waals surface area contributed by atoms with Crippen molar-refractivity contribution in [3.05, 3.63) is 47.0 Å². The van der Waals surface area contributed by atoms with Gasteiger partial charge in [0.05, 0.1) is 6.20 Å². The van der Waals surface area contributed by atoms with E-state index in [1.807, 2.05) is 18.2 Å². The molecule has 1 aliphatic heterocycles. The lowest BCUT2D eigenvalue weighted by atomic mass is 9.97. The highest BCUT2D eigenvalue weighted by molar-refractivity contribution is 6.28. The summed E-state index contributed by atoms with van der Waals surface area (Å²) in [5, 5.41) is 15.3. The summed E-state index contributed by atoms with van der Waals surface area (Å²) in [6, 6.07) is 5.99. The number of nitrogens with zero attached hydrogens (tertiary/aromatic N) is 4. The van der Waals surface area contributed by atoms with E-state index in [4.69, 9.17) is 26.0 Å². The molecule has 10 heteroatoms. The second-order valence-electron chi connectivity index (χ2n) is 7.80. The number of rotatable bonds is 6. The van der Waals surface area contributed by atoms with Crippen LogP contribution in [0.15, 0.2) is 33.3 Å². The molecule has 3 aromatic rings. The van der Waals surface area contributed by atoms with Gasteiger partial charge in [-0.3, -0.25) is 4.79 Å². The molecule has 0 radical (unpaired) electrons. The maximum absolute atomic E-state index is 10.8. The van der Waals surface area contributed by atoms with Gasteiger partial charge in [-0.05, 0) is 44.4 Å². The number of anilines is 1. The lowest BCUT2D eigenvalue weighted by Gasteiger charge is -2.26. The number of carbonyl (C=O) groups is 1. The molecule has 1 aliphatic rings. The first-order valence-electron chi connectivity index (χ1n) is 10.4. The van der Waals surface area contributed by atoms with Crippen LogP contribution in [-0.2, 0) is 4.79 Å². The topological polar surface area (TPSA) is 121 Å². The van der Waals surface area contributed by atoms with Crippen LogP contribution in [0.4, 0.5) is 5.69 Å². The van der Waals surface area contributed by atoms with Crippen LogP contribution in [0.2, 0.25) is 5.22 Å². The SMILES string of the molecule is CC(C)Nc1cc(-c2noc(C3CCN(C=O)CC3)n2)ccc1C=N.Cc1ncc(Cl)o1. The molecule has 0 aliphatic carbocycles. The largest absolute Gasteiger partial charge is 0.430 e. The number of aryl methyl sites for hydroxylation is 1. The van der Waals surface area contributed by atoms with Crippen molar-refractivity contribution in [1.29, 1.82) is 5.41 Å². The van der Waals surface area contributed by atoms with Crippen molar-refractivity contribution in [2.45, 2.75) is 45.6 Å². The Labute approximate surface area is 191 Å². The predicted octanol–water partition coefficient (Wildman–Crippen LogP) is 4.53. The maximum atomic E-state index is 10.8. The number of halogens is 1. The Hall–Kier alpha value is -3.20. The molecule has 2 N–H and O–H groups in total. The summed E-state index contributed by atoms with van der Waals surface area (Å²) in [7, 11) is 0. The summed E-state index contributed by atoms with van der Waals surface area (Å²) >= 11 is 5.33. The Balaban J connectivity index is 0.000000352. The number of benzene rings is 1. The van der Waals surface area contributed by atoms with Crippen molar-refractivity contribution in [2.75, 3.05) is 18.4 Å². The molecule has 32 heavy (non-hydrogen) atoms. The molecule has 170 valence electrons. The van der Waals surface area contributed by atoms with Crippen molar-refractivity contribution in [1.82, 2.24) is 20.0 Å². The molecule has 0 bridgehead atoms. The van der Waals surface area contributed by atoms with E-state index in [0.717, 1.165) is 49.2 Å². The molecule has 1 amide bonds. The predicted molar refractivity (Wildman–Crippen MR) is 122 cm³/mol. The monoisotopic (exact) mass is 458 g/mol. The minimum absolute atomic E-state index is 0.201. The zero-order chi connectivity index (χ0) is 23.1. The van der Waals surface area contributed by atoms with Gasteiger partial charge in [-0.1, -0.05) is 17.3 Å². The Morgan fingerprint density at radius 3 is 2.59 bits per heavy atom. The van der Waals surface area contributed by atoms with Gasteiger partial charge in [-0.15, -0.1) is 0 Å². The molecule has 1 fully saturated rings. The average Bonchev–Trinajstić information content (AvgIpc) is 3.42. The normalized spacial score (nSPS) is 14.1. The summed E-state index contributed by atoms with van der Waals surface area (Å²) in [6.45, 7) is 7.30. The number of hydrogen-bond donors (Lipinski definition) is 2. The first-order chi connectivity index (χ1) is 15.4. The Morgan fingerprint density at radius 2 is 2.06 bits per heavy atom. The molecule has 3 heterocycles. The van der Waals surface area contributed by atoms with Gasteiger partial charge in [-0.2, -0.15) is 4.98 Å². The minimum atomic E-state index is 0.201. The smallest absolute Gasteiger partial charge is 0.230 e. The molecule has 1 aromatic carbocycles. The zero-order valence-electron chi connectivity index (χ0n) is 18.3. The second-order valence-corrected chi connectivity index (χ2v) is 8.17. The van der Waals surface area contributed by atoms with E-state index in [0.29, 0.717) is 22.8 Å². The molecule has 1 saturated heterocycles. The first-order valence-corrected chi connectivity index (χ1v) is 10.8. The van der Waals surface area contributed by atoms with Gasteiger partial charge >= 0.3 is 0 Å². The van der Waals surface area contributed by atoms with Crippen molar-refractivity contribution in [3.63, 3.8) is 0 Å². The van der Waals surface area contributed by atoms with Crippen molar-refractivity contribution < 1.29 is 13.7 Å². The molecule has 2 aromatic heterocycles. The van der Waals surface area contributed by atoms with E-state index < -0.39 is 0 Å². The molecule has 0 saturated carbocycles. The fraction of sp³-hybridized carbons (Fsp3) is 0.409. The number of likely N-dealkylation sites (tertiary alicyclic amines) is 1. The van der Waals surface area contributed by atoms with Crippen LogP contribution in [0, 0.1) is 12.3 Å². The highest BCUT2D eigenvalue weighted by atomic mass is 35.5. The van der Waals surface area contributed by atoms with Gasteiger partial charge in [0.15, 0.2) is 5.89 Å². The minimum Gasteiger partial charge on any atom is -0.430 e. The van der Waals surface area contributed by atoms with Gasteiger partial charge in [0.2, 0.25) is 23.3 Å². The fourth-order valence-corrected chi connectivity index (χ4v) is 3.52. The van der Waals surface area contributed by atoms with Crippen LogP contribution in [0.5, 0.6) is 0 Å². The third kappa shape index (κ3) is 6.16. The molecule has 0 spiro atoms. The maximum Gasteiger partial charge on any atom is 0.230 e. The van der Waals surface area contributed by atoms with Crippen LogP contribution in [0.3, 0.4) is 0 Å². The van der Waals surface area contributed by atoms with E-state index in [2.05, 4.69) is 34.3 Å². The van der Waals surface area contributed by atoms with Gasteiger partial charge in [0, 0.05) is 55.0 Å². The fourth-order valence-electron chi connectivity index (χ4n) is 3.36. The van der Waals surface area contributed by atoms with E-state index in [9.17, 15) is 4.79 Å². The number of aromatic nitrogens is 3. The van der Waals surface area contributed by atoms with Crippen LogP contribution < -0.4 is 5.32 Å². The van der Waals surface area contributed by atoms with Gasteiger partial charge in [-0.25, -0.2) is 4.98 Å². The number of hydrogen-bond acceptors (Lipinski definition) is 8. The first kappa shape index (κ1) is 23.5. The summed E-state index contributed by atoms with van der Waals surface area (Å²) < 4.78 is 10.2. The Bertz CT molecular complexity index is 1020. The number of amides is 1. The molecular weight excluding hydrogens is 432 g/mol. The molecule has 9 nitrogen and oxygen atoms in total. The standard InChI is InChI=1S/C18H23N5O2.C4H4ClNO/c1-12(2)20-16-9-14(3-4-15(16)10-19)17-21-18(25-22-17)13-5-7-23(11-24)8-6-13;1-3-6-2-4(5)7-3/h3-4,9-13,19-20H,5-8H2,1-2H3;2H,1H3. The number of oxazole rings is 1. The zero-order valence-corrected chi connectivity index (χ0v) is 19.1. The van der Waals surface area contributed by atoms with Crippen molar-refractivity contribution in [2.24, 2.45) is 0 Å². The Morgan fingerprint density at radius 1 is 1.31 bits per heavy atom. The summed E-state index contributed by atoms with van der Waals surface area (Å²) in [6.07, 6.45) is 5.37. The lowest BCUT2D eigenvalue weighted by Crippen LogP contribution is -2.31. The van der Waals surface area contributed by atoms with E-state index >= 15 is 0 Å². The molecule has 0 atom stereocenters. The van der Waals surface area contributed by atoms with Crippen LogP contribution >= 0.6 is 11.6 Å². The van der Waals surface area contributed by atoms with E-state index in [-0.39, 0.29) is 12.0 Å². The number of carbonyl (C=O) groups excluding carboxylic acids is 1. The highest BCUT2D eigenvalue weighted by Crippen LogP contribution is 2.29. The van der Waals surface area contributed by atoms with Gasteiger partial charge in [0.1, 0.15) is 0 Å². The van der Waals surface area contributed by atoms with Crippen LogP contribution in [-0.4, -0.2) is 51.8 Å². The summed E-state index contributed by atoms with van der Waals surface area (Å²) in [5.74, 6) is 1.99. The average molecular weight is 459 g/mol. The third-order valence-corrected chi connectivity index (χ3v) is 5.15.